The largest absolute Gasteiger partial charge is 0.489 e. The summed E-state index contributed by atoms with van der Waals surface area (Å²) in [5.74, 6) is 0.860. The van der Waals surface area contributed by atoms with E-state index < -0.39 is 0 Å². The zero-order valence-corrected chi connectivity index (χ0v) is 16.5. The molecular weight excluding hydrogens is 352 g/mol. The van der Waals surface area contributed by atoms with Crippen molar-refractivity contribution in [2.75, 3.05) is 10.6 Å². The third-order valence-corrected chi connectivity index (χ3v) is 4.18. The molecule has 0 aliphatic heterocycles. The van der Waals surface area contributed by atoms with E-state index in [1.165, 1.54) is 18.0 Å². The number of rotatable bonds is 6. The maximum Gasteiger partial charge on any atom is 0.258 e. The molecule has 0 atom stereocenters. The molecule has 6 nitrogen and oxygen atoms in total. The molecule has 0 radical (unpaired) electrons. The molecule has 28 heavy (non-hydrogen) atoms. The zero-order valence-electron chi connectivity index (χ0n) is 16.5. The van der Waals surface area contributed by atoms with E-state index in [2.05, 4.69) is 20.6 Å². The van der Waals surface area contributed by atoms with Crippen molar-refractivity contribution >= 4 is 23.2 Å². The van der Waals surface area contributed by atoms with E-state index in [1.807, 2.05) is 70.2 Å². The third-order valence-electron chi connectivity index (χ3n) is 4.18. The summed E-state index contributed by atoms with van der Waals surface area (Å²) in [7, 11) is 0. The Bertz CT molecular complexity index is 969. The monoisotopic (exact) mass is 376 g/mol. The van der Waals surface area contributed by atoms with Crippen LogP contribution in [0, 0.1) is 13.8 Å². The topological polar surface area (TPSA) is 76.1 Å². The lowest BCUT2D eigenvalue weighted by atomic mass is 10.1. The molecule has 0 saturated carbocycles. The quantitative estimate of drug-likeness (QED) is 0.641. The fourth-order valence-corrected chi connectivity index (χ4v) is 2.58. The van der Waals surface area contributed by atoms with Gasteiger partial charge in [-0.1, -0.05) is 18.2 Å². The van der Waals surface area contributed by atoms with Gasteiger partial charge in [0.05, 0.1) is 17.4 Å². The van der Waals surface area contributed by atoms with Crippen molar-refractivity contribution in [1.29, 1.82) is 0 Å². The van der Waals surface area contributed by atoms with Crippen molar-refractivity contribution in [3.05, 3.63) is 71.5 Å². The second-order valence-corrected chi connectivity index (χ2v) is 6.84. The minimum atomic E-state index is -0.252. The van der Waals surface area contributed by atoms with Crippen LogP contribution in [0.5, 0.6) is 5.75 Å². The summed E-state index contributed by atoms with van der Waals surface area (Å²) in [5.41, 5.74) is 4.20. The lowest BCUT2D eigenvalue weighted by Crippen LogP contribution is -2.13. The second-order valence-electron chi connectivity index (χ2n) is 6.84. The predicted octanol–water partition coefficient (Wildman–Crippen LogP) is 4.88. The van der Waals surface area contributed by atoms with E-state index in [0.29, 0.717) is 11.5 Å². The van der Waals surface area contributed by atoms with Crippen LogP contribution in [0.25, 0.3) is 0 Å². The first kappa shape index (κ1) is 19.4. The Hall–Kier alpha value is -3.41. The number of anilines is 3. The molecule has 0 saturated heterocycles. The molecule has 0 fully saturated rings. The SMILES string of the molecule is Cc1ccc(NC(=O)c2cnc(Nc3ccccc3OC(C)C)nc2)cc1C. The lowest BCUT2D eigenvalue weighted by molar-refractivity contribution is 0.102. The van der Waals surface area contributed by atoms with Gasteiger partial charge in [-0.15, -0.1) is 0 Å². The molecule has 2 N–H and O–H groups in total. The minimum absolute atomic E-state index is 0.0559. The number of carbonyl (C=O) groups excluding carboxylic acids is 1. The summed E-state index contributed by atoms with van der Waals surface area (Å²) in [6.07, 6.45) is 3.05. The first-order valence-electron chi connectivity index (χ1n) is 9.15. The number of aromatic nitrogens is 2. The highest BCUT2D eigenvalue weighted by Crippen LogP contribution is 2.27. The number of carbonyl (C=O) groups is 1. The summed E-state index contributed by atoms with van der Waals surface area (Å²) >= 11 is 0. The number of hydrogen-bond acceptors (Lipinski definition) is 5. The molecule has 0 aliphatic carbocycles. The van der Waals surface area contributed by atoms with E-state index in [4.69, 9.17) is 4.74 Å². The molecule has 1 aromatic heterocycles. The van der Waals surface area contributed by atoms with Gasteiger partial charge < -0.3 is 15.4 Å². The summed E-state index contributed by atoms with van der Waals surface area (Å²) < 4.78 is 5.78. The summed E-state index contributed by atoms with van der Waals surface area (Å²) in [6.45, 7) is 7.98. The molecule has 0 spiro atoms. The zero-order chi connectivity index (χ0) is 20.1. The normalized spacial score (nSPS) is 10.6. The van der Waals surface area contributed by atoms with Gasteiger partial charge in [0, 0.05) is 18.1 Å². The Labute approximate surface area is 165 Å². The molecule has 0 aliphatic rings. The first-order chi connectivity index (χ1) is 13.4. The van der Waals surface area contributed by atoms with Crippen molar-refractivity contribution in [1.82, 2.24) is 9.97 Å². The van der Waals surface area contributed by atoms with E-state index in [0.717, 1.165) is 22.7 Å². The van der Waals surface area contributed by atoms with Crippen molar-refractivity contribution < 1.29 is 9.53 Å². The number of aryl methyl sites for hydroxylation is 2. The smallest absolute Gasteiger partial charge is 0.258 e. The highest BCUT2D eigenvalue weighted by molar-refractivity contribution is 6.04. The second kappa shape index (κ2) is 8.52. The van der Waals surface area contributed by atoms with Gasteiger partial charge in [0.1, 0.15) is 5.75 Å². The highest BCUT2D eigenvalue weighted by atomic mass is 16.5. The van der Waals surface area contributed by atoms with E-state index >= 15 is 0 Å². The fourth-order valence-electron chi connectivity index (χ4n) is 2.58. The molecule has 6 heteroatoms. The molecule has 144 valence electrons. The predicted molar refractivity (Wildman–Crippen MR) is 111 cm³/mol. The summed E-state index contributed by atoms with van der Waals surface area (Å²) in [5, 5.41) is 6.00. The highest BCUT2D eigenvalue weighted by Gasteiger charge is 2.10. The molecular formula is C22H24N4O2. The molecule has 3 rings (SSSR count). The Morgan fingerprint density at radius 3 is 2.39 bits per heavy atom. The fraction of sp³-hybridized carbons (Fsp3) is 0.227. The van der Waals surface area contributed by atoms with Gasteiger partial charge in [0.15, 0.2) is 0 Å². The van der Waals surface area contributed by atoms with Crippen LogP contribution in [0.1, 0.15) is 35.3 Å². The maximum absolute atomic E-state index is 12.4. The van der Waals surface area contributed by atoms with Crippen LogP contribution in [0.3, 0.4) is 0 Å². The van der Waals surface area contributed by atoms with Crippen LogP contribution >= 0.6 is 0 Å². The summed E-state index contributed by atoms with van der Waals surface area (Å²) in [4.78, 5) is 20.9. The Balaban J connectivity index is 1.70. The first-order valence-corrected chi connectivity index (χ1v) is 9.15. The van der Waals surface area contributed by atoms with Crippen LogP contribution in [-0.2, 0) is 0 Å². The molecule has 3 aromatic rings. The number of amides is 1. The van der Waals surface area contributed by atoms with Gasteiger partial charge in [-0.25, -0.2) is 9.97 Å². The van der Waals surface area contributed by atoms with Gasteiger partial charge in [0.25, 0.3) is 5.91 Å². The van der Waals surface area contributed by atoms with E-state index in [-0.39, 0.29) is 12.0 Å². The van der Waals surface area contributed by atoms with Gasteiger partial charge in [-0.3, -0.25) is 4.79 Å². The third kappa shape index (κ3) is 4.85. The van der Waals surface area contributed by atoms with Crippen molar-refractivity contribution in [3.63, 3.8) is 0 Å². The number of para-hydroxylation sites is 2. The van der Waals surface area contributed by atoms with Crippen LogP contribution < -0.4 is 15.4 Å². The van der Waals surface area contributed by atoms with Gasteiger partial charge >= 0.3 is 0 Å². The summed E-state index contributed by atoms with van der Waals surface area (Å²) in [6, 6.07) is 13.4. The number of nitrogens with zero attached hydrogens (tertiary/aromatic N) is 2. The molecule has 0 bridgehead atoms. The molecule has 0 unspecified atom stereocenters. The maximum atomic E-state index is 12.4. The molecule has 1 heterocycles. The van der Waals surface area contributed by atoms with Gasteiger partial charge in [0.2, 0.25) is 5.95 Å². The van der Waals surface area contributed by atoms with E-state index in [9.17, 15) is 4.79 Å². The number of benzene rings is 2. The minimum Gasteiger partial charge on any atom is -0.489 e. The molecule has 2 aromatic carbocycles. The van der Waals surface area contributed by atoms with Crippen LogP contribution in [-0.4, -0.2) is 22.0 Å². The lowest BCUT2D eigenvalue weighted by Gasteiger charge is -2.14. The Morgan fingerprint density at radius 1 is 1.00 bits per heavy atom. The standard InChI is InChI=1S/C22H24N4O2/c1-14(2)28-20-8-6-5-7-19(20)26-22-23-12-17(13-24-22)21(27)25-18-10-9-15(3)16(4)11-18/h5-14H,1-4H3,(H,25,27)(H,23,24,26). The van der Waals surface area contributed by atoms with Crippen LogP contribution in [0.2, 0.25) is 0 Å². The van der Waals surface area contributed by atoms with Crippen LogP contribution in [0.4, 0.5) is 17.3 Å². The van der Waals surface area contributed by atoms with Crippen molar-refractivity contribution in [2.24, 2.45) is 0 Å². The Kier molecular flexibility index (Phi) is 5.89. The molecule has 1 amide bonds. The average molecular weight is 376 g/mol. The van der Waals surface area contributed by atoms with Crippen LogP contribution in [0.15, 0.2) is 54.9 Å². The van der Waals surface area contributed by atoms with Gasteiger partial charge in [-0.2, -0.15) is 0 Å². The average Bonchev–Trinajstić information content (AvgIpc) is 2.66. The van der Waals surface area contributed by atoms with Gasteiger partial charge in [-0.05, 0) is 63.1 Å². The van der Waals surface area contributed by atoms with E-state index in [1.54, 1.807) is 0 Å². The number of ether oxygens (including phenoxy) is 1. The van der Waals surface area contributed by atoms with Crippen molar-refractivity contribution in [2.45, 2.75) is 33.8 Å². The number of nitrogens with one attached hydrogen (secondary N) is 2. The van der Waals surface area contributed by atoms with Crippen molar-refractivity contribution in [3.8, 4) is 5.75 Å². The Morgan fingerprint density at radius 2 is 1.71 bits per heavy atom. The number of hydrogen-bond donors (Lipinski definition) is 2.